The van der Waals surface area contributed by atoms with Crippen LogP contribution in [0, 0.1) is 5.92 Å². The number of hydrogen-bond acceptors (Lipinski definition) is 4. The van der Waals surface area contributed by atoms with Crippen LogP contribution in [-0.4, -0.2) is 13.0 Å². The smallest absolute Gasteiger partial charge is 0.258 e. The van der Waals surface area contributed by atoms with Crippen LogP contribution in [0.15, 0.2) is 24.3 Å². The maximum atomic E-state index is 12.6. The van der Waals surface area contributed by atoms with Gasteiger partial charge < -0.3 is 15.8 Å². The van der Waals surface area contributed by atoms with Gasteiger partial charge in [0.15, 0.2) is 0 Å². The van der Waals surface area contributed by atoms with Crippen molar-refractivity contribution < 1.29 is 9.53 Å². The molecule has 0 saturated heterocycles. The van der Waals surface area contributed by atoms with Crippen molar-refractivity contribution in [2.45, 2.75) is 26.2 Å². The SMILES string of the molecule is COc1ccc(NC(=O)c2c(N)sc3c2CC[C@@H](C)C3)cc1. The van der Waals surface area contributed by atoms with E-state index in [1.807, 2.05) is 24.3 Å². The van der Waals surface area contributed by atoms with Crippen molar-refractivity contribution in [2.75, 3.05) is 18.2 Å². The van der Waals surface area contributed by atoms with Crippen LogP contribution in [0.4, 0.5) is 10.7 Å². The second-order valence-electron chi connectivity index (χ2n) is 5.77. The molecule has 5 heteroatoms. The molecule has 1 atom stereocenters. The Kier molecular flexibility index (Phi) is 4.07. The minimum Gasteiger partial charge on any atom is -0.497 e. The Hall–Kier alpha value is -2.01. The third kappa shape index (κ3) is 2.81. The van der Waals surface area contributed by atoms with Crippen LogP contribution in [-0.2, 0) is 12.8 Å². The number of rotatable bonds is 3. The first-order valence-electron chi connectivity index (χ1n) is 7.44. The van der Waals surface area contributed by atoms with Gasteiger partial charge in [0, 0.05) is 10.6 Å². The van der Waals surface area contributed by atoms with E-state index in [2.05, 4.69) is 12.2 Å². The Labute approximate surface area is 134 Å². The number of carbonyl (C=O) groups excluding carboxylic acids is 1. The van der Waals surface area contributed by atoms with Gasteiger partial charge >= 0.3 is 0 Å². The van der Waals surface area contributed by atoms with E-state index in [1.54, 1.807) is 18.4 Å². The monoisotopic (exact) mass is 316 g/mol. The Bertz CT molecular complexity index is 691. The van der Waals surface area contributed by atoms with Crippen molar-refractivity contribution in [1.82, 2.24) is 0 Å². The fourth-order valence-corrected chi connectivity index (χ4v) is 4.17. The van der Waals surface area contributed by atoms with Crippen LogP contribution in [0.2, 0.25) is 0 Å². The van der Waals surface area contributed by atoms with Crippen molar-refractivity contribution in [3.63, 3.8) is 0 Å². The van der Waals surface area contributed by atoms with Crippen LogP contribution in [0.25, 0.3) is 0 Å². The first-order chi connectivity index (χ1) is 10.6. The molecule has 4 nitrogen and oxygen atoms in total. The molecule has 0 unspecified atom stereocenters. The molecule has 0 aliphatic heterocycles. The zero-order chi connectivity index (χ0) is 15.7. The van der Waals surface area contributed by atoms with Crippen molar-refractivity contribution in [1.29, 1.82) is 0 Å². The number of methoxy groups -OCH3 is 1. The molecule has 116 valence electrons. The standard InChI is InChI=1S/C17H20N2O2S/c1-10-3-8-13-14(9-10)22-16(18)15(13)17(20)19-11-4-6-12(21-2)7-5-11/h4-7,10H,3,8-9,18H2,1-2H3,(H,19,20)/t10-/m1/s1. The quantitative estimate of drug-likeness (QED) is 0.907. The highest BCUT2D eigenvalue weighted by molar-refractivity contribution is 7.16. The topological polar surface area (TPSA) is 64.3 Å². The molecule has 2 aromatic rings. The van der Waals surface area contributed by atoms with Gasteiger partial charge in [0.1, 0.15) is 5.75 Å². The maximum absolute atomic E-state index is 12.6. The van der Waals surface area contributed by atoms with Gasteiger partial charge in [0.2, 0.25) is 0 Å². The number of ether oxygens (including phenoxy) is 1. The van der Waals surface area contributed by atoms with Crippen LogP contribution in [0.1, 0.15) is 34.1 Å². The second-order valence-corrected chi connectivity index (χ2v) is 6.91. The molecule has 3 rings (SSSR count). The van der Waals surface area contributed by atoms with Gasteiger partial charge in [-0.05, 0) is 55.0 Å². The number of hydrogen-bond donors (Lipinski definition) is 2. The van der Waals surface area contributed by atoms with Crippen molar-refractivity contribution in [3.05, 3.63) is 40.3 Å². The number of anilines is 2. The number of amides is 1. The predicted octanol–water partition coefficient (Wildman–Crippen LogP) is 3.72. The number of benzene rings is 1. The van der Waals surface area contributed by atoms with E-state index in [1.165, 1.54) is 4.88 Å². The summed E-state index contributed by atoms with van der Waals surface area (Å²) in [5.41, 5.74) is 8.66. The van der Waals surface area contributed by atoms with Gasteiger partial charge in [-0.25, -0.2) is 0 Å². The molecule has 1 heterocycles. The summed E-state index contributed by atoms with van der Waals surface area (Å²) in [5, 5.41) is 3.56. The van der Waals surface area contributed by atoms with E-state index in [-0.39, 0.29) is 5.91 Å². The van der Waals surface area contributed by atoms with E-state index in [0.29, 0.717) is 16.5 Å². The lowest BCUT2D eigenvalue weighted by Gasteiger charge is -2.18. The van der Waals surface area contributed by atoms with E-state index >= 15 is 0 Å². The molecule has 0 bridgehead atoms. The molecular weight excluding hydrogens is 296 g/mol. The largest absolute Gasteiger partial charge is 0.497 e. The lowest BCUT2D eigenvalue weighted by atomic mass is 9.88. The Morgan fingerprint density at radius 2 is 2.09 bits per heavy atom. The van der Waals surface area contributed by atoms with Gasteiger partial charge in [-0.15, -0.1) is 11.3 Å². The second kappa shape index (κ2) is 6.01. The number of nitrogens with one attached hydrogen (secondary N) is 1. The minimum absolute atomic E-state index is 0.116. The number of thiophene rings is 1. The average molecular weight is 316 g/mol. The van der Waals surface area contributed by atoms with Crippen molar-refractivity contribution in [2.24, 2.45) is 5.92 Å². The van der Waals surface area contributed by atoms with Gasteiger partial charge in [-0.3, -0.25) is 4.79 Å². The molecule has 1 aromatic carbocycles. The summed E-state index contributed by atoms with van der Waals surface area (Å²) >= 11 is 1.56. The van der Waals surface area contributed by atoms with Crippen LogP contribution in [0.5, 0.6) is 5.75 Å². The summed E-state index contributed by atoms with van der Waals surface area (Å²) in [6.45, 7) is 2.25. The summed E-state index contributed by atoms with van der Waals surface area (Å²) in [5.74, 6) is 1.32. The lowest BCUT2D eigenvalue weighted by Crippen LogP contribution is -2.17. The molecular formula is C17H20N2O2S. The molecule has 0 saturated carbocycles. The maximum Gasteiger partial charge on any atom is 0.258 e. The van der Waals surface area contributed by atoms with Crippen LogP contribution in [0.3, 0.4) is 0 Å². The predicted molar refractivity (Wildman–Crippen MR) is 90.9 cm³/mol. The molecule has 1 aliphatic carbocycles. The third-order valence-electron chi connectivity index (χ3n) is 4.11. The van der Waals surface area contributed by atoms with Gasteiger partial charge in [0.05, 0.1) is 17.7 Å². The number of fused-ring (bicyclic) bond motifs is 1. The van der Waals surface area contributed by atoms with Gasteiger partial charge in [-0.1, -0.05) is 6.92 Å². The molecule has 3 N–H and O–H groups in total. The number of nitrogens with two attached hydrogens (primary N) is 1. The molecule has 0 fully saturated rings. The molecule has 0 radical (unpaired) electrons. The molecule has 1 aromatic heterocycles. The third-order valence-corrected chi connectivity index (χ3v) is 5.20. The first-order valence-corrected chi connectivity index (χ1v) is 8.25. The zero-order valence-corrected chi connectivity index (χ0v) is 13.6. The highest BCUT2D eigenvalue weighted by Gasteiger charge is 2.26. The van der Waals surface area contributed by atoms with Crippen molar-refractivity contribution >= 4 is 27.9 Å². The van der Waals surface area contributed by atoms with E-state index in [0.717, 1.165) is 36.3 Å². The summed E-state index contributed by atoms with van der Waals surface area (Å²) in [6, 6.07) is 7.30. The average Bonchev–Trinajstić information content (AvgIpc) is 2.83. The summed E-state index contributed by atoms with van der Waals surface area (Å²) in [4.78, 5) is 13.9. The summed E-state index contributed by atoms with van der Waals surface area (Å²) in [6.07, 6.45) is 3.08. The minimum atomic E-state index is -0.116. The molecule has 22 heavy (non-hydrogen) atoms. The fraction of sp³-hybridized carbons (Fsp3) is 0.353. The molecule has 1 aliphatic rings. The highest BCUT2D eigenvalue weighted by Crippen LogP contribution is 2.38. The van der Waals surface area contributed by atoms with Crippen molar-refractivity contribution in [3.8, 4) is 5.75 Å². The number of carbonyl (C=O) groups is 1. The van der Waals surface area contributed by atoms with Crippen LogP contribution < -0.4 is 15.8 Å². The first kappa shape index (κ1) is 14.9. The summed E-state index contributed by atoms with van der Waals surface area (Å²) < 4.78 is 5.12. The molecule has 0 spiro atoms. The molecule has 1 amide bonds. The van der Waals surface area contributed by atoms with Gasteiger partial charge in [-0.2, -0.15) is 0 Å². The van der Waals surface area contributed by atoms with E-state index < -0.39 is 0 Å². The Balaban J connectivity index is 1.83. The number of nitrogen functional groups attached to an aromatic ring is 1. The fourth-order valence-electron chi connectivity index (χ4n) is 2.89. The lowest BCUT2D eigenvalue weighted by molar-refractivity contribution is 0.102. The zero-order valence-electron chi connectivity index (χ0n) is 12.8. The van der Waals surface area contributed by atoms with E-state index in [4.69, 9.17) is 10.5 Å². The van der Waals surface area contributed by atoms with Crippen LogP contribution >= 0.6 is 11.3 Å². The highest BCUT2D eigenvalue weighted by atomic mass is 32.1. The Morgan fingerprint density at radius 3 is 2.77 bits per heavy atom. The Morgan fingerprint density at radius 1 is 1.36 bits per heavy atom. The van der Waals surface area contributed by atoms with Gasteiger partial charge in [0.25, 0.3) is 5.91 Å². The summed E-state index contributed by atoms with van der Waals surface area (Å²) in [7, 11) is 1.62. The van der Waals surface area contributed by atoms with E-state index in [9.17, 15) is 4.79 Å². The normalized spacial score (nSPS) is 16.9.